The van der Waals surface area contributed by atoms with Crippen LogP contribution < -0.4 is 10.2 Å². The largest absolute Gasteiger partial charge is 0.394 e. The second-order valence-electron chi connectivity index (χ2n) is 11.0. The molecule has 2 N–H and O–H groups in total. The quantitative estimate of drug-likeness (QED) is 0.639. The Hall–Kier alpha value is -1.84. The van der Waals surface area contributed by atoms with E-state index in [1.54, 1.807) is 12.4 Å². The number of piperidine rings is 1. The van der Waals surface area contributed by atoms with Crippen LogP contribution in [0.4, 0.5) is 11.8 Å². The first-order valence-electron chi connectivity index (χ1n) is 12.3. The molecule has 5 heterocycles. The van der Waals surface area contributed by atoms with Gasteiger partial charge in [0.2, 0.25) is 5.95 Å². The standard InChI is InChI=1S/C24H31ClN6O2S/c1-23(2)10-18-19(34(23)33)21(30-24(13-32)6-3-7-24)29-22(28-18)31-16-4-5-17(31)9-14(8-16)20-26-11-15(25)12-27-20/h11-12,14,16-17,32H,3-10,13H2,1-2H3,(H,28,29,30)/t14?,16?,17?,34-/m1/s1. The number of anilines is 2. The van der Waals surface area contributed by atoms with Gasteiger partial charge in [-0.1, -0.05) is 11.6 Å². The summed E-state index contributed by atoms with van der Waals surface area (Å²) in [4.78, 5) is 22.1. The number of rotatable bonds is 5. The average molecular weight is 503 g/mol. The zero-order valence-electron chi connectivity index (χ0n) is 19.6. The number of halogens is 1. The minimum atomic E-state index is -1.20. The predicted molar refractivity (Wildman–Crippen MR) is 132 cm³/mol. The molecule has 0 aromatic carbocycles. The van der Waals surface area contributed by atoms with Crippen LogP contribution in [-0.2, 0) is 17.2 Å². The highest BCUT2D eigenvalue weighted by Gasteiger charge is 2.47. The fourth-order valence-corrected chi connectivity index (χ4v) is 7.69. The second-order valence-corrected chi connectivity index (χ2v) is 13.5. The summed E-state index contributed by atoms with van der Waals surface area (Å²) in [6, 6.07) is 0.647. The summed E-state index contributed by atoms with van der Waals surface area (Å²) >= 11 is 5.99. The van der Waals surface area contributed by atoms with Gasteiger partial charge in [0, 0.05) is 36.8 Å². The Morgan fingerprint density at radius 2 is 1.85 bits per heavy atom. The Labute approximate surface area is 207 Å². The molecular formula is C24H31ClN6O2S. The number of aliphatic hydroxyl groups is 1. The molecule has 2 aromatic heterocycles. The Morgan fingerprint density at radius 3 is 2.44 bits per heavy atom. The molecule has 2 saturated heterocycles. The van der Waals surface area contributed by atoms with E-state index in [-0.39, 0.29) is 16.9 Å². The third kappa shape index (κ3) is 3.62. The Balaban J connectivity index is 1.34. The number of aliphatic hydroxyl groups excluding tert-OH is 1. The first-order chi connectivity index (χ1) is 16.3. The lowest BCUT2D eigenvalue weighted by atomic mass is 9.77. The minimum Gasteiger partial charge on any atom is -0.394 e. The molecule has 0 radical (unpaired) electrons. The molecule has 3 aliphatic heterocycles. The highest BCUT2D eigenvalue weighted by molar-refractivity contribution is 7.87. The van der Waals surface area contributed by atoms with Crippen LogP contribution in [0.15, 0.2) is 17.3 Å². The normalized spacial score (nSPS) is 30.6. The first-order valence-corrected chi connectivity index (χ1v) is 13.8. The zero-order chi connectivity index (χ0) is 23.7. The van der Waals surface area contributed by atoms with Gasteiger partial charge in [0.25, 0.3) is 0 Å². The van der Waals surface area contributed by atoms with Gasteiger partial charge in [-0.3, -0.25) is 4.21 Å². The monoisotopic (exact) mass is 502 g/mol. The van der Waals surface area contributed by atoms with E-state index in [9.17, 15) is 9.32 Å². The van der Waals surface area contributed by atoms with Crippen LogP contribution in [0, 0.1) is 0 Å². The fourth-order valence-electron chi connectivity index (χ4n) is 6.17. The summed E-state index contributed by atoms with van der Waals surface area (Å²) < 4.78 is 13.0. The van der Waals surface area contributed by atoms with Crippen molar-refractivity contribution in [1.82, 2.24) is 19.9 Å². The number of nitrogens with one attached hydrogen (secondary N) is 1. The van der Waals surface area contributed by atoms with Gasteiger partial charge in [-0.25, -0.2) is 15.0 Å². The summed E-state index contributed by atoms with van der Waals surface area (Å²) in [7, 11) is -1.20. The molecule has 34 heavy (non-hydrogen) atoms. The van der Waals surface area contributed by atoms with Crippen LogP contribution in [0.3, 0.4) is 0 Å². The van der Waals surface area contributed by atoms with Crippen molar-refractivity contribution in [2.75, 3.05) is 16.8 Å². The molecule has 2 aromatic rings. The number of fused-ring (bicyclic) bond motifs is 3. The number of hydrogen-bond donors (Lipinski definition) is 2. The molecule has 3 atom stereocenters. The van der Waals surface area contributed by atoms with Crippen molar-refractivity contribution in [3.05, 3.63) is 28.9 Å². The van der Waals surface area contributed by atoms with E-state index in [0.29, 0.717) is 35.3 Å². The van der Waals surface area contributed by atoms with E-state index in [4.69, 9.17) is 21.6 Å². The second kappa shape index (κ2) is 8.10. The Morgan fingerprint density at radius 1 is 1.18 bits per heavy atom. The van der Waals surface area contributed by atoms with Crippen molar-refractivity contribution in [2.45, 2.75) is 98.4 Å². The molecule has 6 rings (SSSR count). The van der Waals surface area contributed by atoms with E-state index in [1.807, 2.05) is 13.8 Å². The van der Waals surface area contributed by atoms with Gasteiger partial charge in [-0.15, -0.1) is 0 Å². The summed E-state index contributed by atoms with van der Waals surface area (Å²) in [6.45, 7) is 4.11. The van der Waals surface area contributed by atoms with Gasteiger partial charge in [-0.2, -0.15) is 4.98 Å². The van der Waals surface area contributed by atoms with Crippen molar-refractivity contribution in [3.8, 4) is 0 Å². The van der Waals surface area contributed by atoms with Crippen molar-refractivity contribution < 1.29 is 9.32 Å². The predicted octanol–water partition coefficient (Wildman–Crippen LogP) is 3.60. The smallest absolute Gasteiger partial charge is 0.228 e. The summed E-state index contributed by atoms with van der Waals surface area (Å²) in [6.07, 6.45) is 11.0. The Kier molecular flexibility index (Phi) is 5.39. The lowest BCUT2D eigenvalue weighted by Gasteiger charge is -2.42. The zero-order valence-corrected chi connectivity index (χ0v) is 21.2. The van der Waals surface area contributed by atoms with Gasteiger partial charge in [0.1, 0.15) is 16.5 Å². The molecule has 8 nitrogen and oxygen atoms in total. The summed E-state index contributed by atoms with van der Waals surface area (Å²) in [5.41, 5.74) is 0.514. The average Bonchev–Trinajstić information content (AvgIpc) is 3.18. The van der Waals surface area contributed by atoms with Gasteiger partial charge < -0.3 is 15.3 Å². The van der Waals surface area contributed by atoms with Crippen LogP contribution >= 0.6 is 11.6 Å². The molecule has 0 amide bonds. The first kappa shape index (κ1) is 22.6. The van der Waals surface area contributed by atoms with E-state index in [1.165, 1.54) is 0 Å². The van der Waals surface area contributed by atoms with Crippen LogP contribution in [0.1, 0.15) is 76.2 Å². The van der Waals surface area contributed by atoms with Gasteiger partial charge >= 0.3 is 0 Å². The van der Waals surface area contributed by atoms with Crippen molar-refractivity contribution in [1.29, 1.82) is 0 Å². The lowest BCUT2D eigenvalue weighted by molar-refractivity contribution is 0.143. The maximum atomic E-state index is 13.4. The summed E-state index contributed by atoms with van der Waals surface area (Å²) in [5.74, 6) is 2.55. The number of nitrogens with zero attached hydrogens (tertiary/aromatic N) is 5. The van der Waals surface area contributed by atoms with Crippen LogP contribution in [0.2, 0.25) is 5.02 Å². The molecule has 2 unspecified atom stereocenters. The van der Waals surface area contributed by atoms with E-state index >= 15 is 0 Å². The molecule has 10 heteroatoms. The van der Waals surface area contributed by atoms with Crippen LogP contribution in [-0.4, -0.2) is 58.2 Å². The lowest BCUT2D eigenvalue weighted by Crippen LogP contribution is -2.49. The van der Waals surface area contributed by atoms with Crippen molar-refractivity contribution in [3.63, 3.8) is 0 Å². The van der Waals surface area contributed by atoms with Crippen molar-refractivity contribution in [2.24, 2.45) is 0 Å². The fraction of sp³-hybridized carbons (Fsp3) is 0.667. The number of aromatic nitrogens is 4. The molecule has 3 fully saturated rings. The molecule has 4 aliphatic rings. The maximum absolute atomic E-state index is 13.4. The molecule has 2 bridgehead atoms. The third-order valence-electron chi connectivity index (χ3n) is 8.17. The minimum absolute atomic E-state index is 0.0505. The maximum Gasteiger partial charge on any atom is 0.228 e. The van der Waals surface area contributed by atoms with Gasteiger partial charge in [0.05, 0.1) is 38.4 Å². The molecule has 1 aliphatic carbocycles. The molecule has 182 valence electrons. The summed E-state index contributed by atoms with van der Waals surface area (Å²) in [5, 5.41) is 14.2. The highest BCUT2D eigenvalue weighted by atomic mass is 35.5. The third-order valence-corrected chi connectivity index (χ3v) is 10.3. The molecular weight excluding hydrogens is 472 g/mol. The molecule has 1 saturated carbocycles. The van der Waals surface area contributed by atoms with Gasteiger partial charge in [0.15, 0.2) is 0 Å². The SMILES string of the molecule is CC1(C)Cc2nc(N3C4CCC3CC(c3ncc(Cl)cn3)C4)nc(NC3(CO)CCC3)c2[S@]1=O. The van der Waals surface area contributed by atoms with E-state index in [2.05, 4.69) is 20.2 Å². The van der Waals surface area contributed by atoms with E-state index in [0.717, 1.165) is 67.3 Å². The van der Waals surface area contributed by atoms with Crippen LogP contribution in [0.25, 0.3) is 0 Å². The van der Waals surface area contributed by atoms with Gasteiger partial charge in [-0.05, 0) is 58.8 Å². The number of hydrogen-bond acceptors (Lipinski definition) is 8. The highest BCUT2D eigenvalue weighted by Crippen LogP contribution is 2.47. The van der Waals surface area contributed by atoms with Crippen LogP contribution in [0.5, 0.6) is 0 Å². The topological polar surface area (TPSA) is 104 Å². The Bertz CT molecular complexity index is 1120. The van der Waals surface area contributed by atoms with Crippen molar-refractivity contribution >= 4 is 34.2 Å². The molecule has 0 spiro atoms. The van der Waals surface area contributed by atoms with E-state index < -0.39 is 10.8 Å².